The molecule has 0 bridgehead atoms. The van der Waals surface area contributed by atoms with E-state index in [-0.39, 0.29) is 0 Å². The minimum absolute atomic E-state index is 0.569. The predicted octanol–water partition coefficient (Wildman–Crippen LogP) is 2.17. The van der Waals surface area contributed by atoms with Gasteiger partial charge in [0.1, 0.15) is 5.82 Å². The van der Waals surface area contributed by atoms with E-state index >= 15 is 0 Å². The Labute approximate surface area is 97.7 Å². The second-order valence-electron chi connectivity index (χ2n) is 4.90. The first-order valence-electron chi connectivity index (χ1n) is 6.12. The molecule has 0 saturated carbocycles. The molecule has 0 radical (unpaired) electrons. The van der Waals surface area contributed by atoms with Gasteiger partial charge in [-0.1, -0.05) is 13.0 Å². The molecule has 2 N–H and O–H groups in total. The summed E-state index contributed by atoms with van der Waals surface area (Å²) in [4.78, 5) is 6.90. The van der Waals surface area contributed by atoms with Gasteiger partial charge in [0, 0.05) is 25.3 Å². The largest absolute Gasteiger partial charge is 0.354 e. The third-order valence-corrected chi connectivity index (χ3v) is 3.48. The molecule has 0 aromatic carbocycles. The van der Waals surface area contributed by atoms with Crippen LogP contribution in [-0.4, -0.2) is 17.6 Å². The Kier molecular flexibility index (Phi) is 3.44. The molecule has 88 valence electrons. The first-order chi connectivity index (χ1) is 7.70. The van der Waals surface area contributed by atoms with Crippen molar-refractivity contribution in [2.24, 2.45) is 11.7 Å². The Morgan fingerprint density at radius 3 is 2.81 bits per heavy atom. The lowest BCUT2D eigenvalue weighted by molar-refractivity contribution is 0.376. The lowest BCUT2D eigenvalue weighted by atomic mass is 9.93. The van der Waals surface area contributed by atoms with Crippen LogP contribution in [0.1, 0.15) is 32.3 Å². The summed E-state index contributed by atoms with van der Waals surface area (Å²) in [7, 11) is 0. The van der Waals surface area contributed by atoms with E-state index in [1.54, 1.807) is 0 Å². The van der Waals surface area contributed by atoms with Crippen molar-refractivity contribution in [1.29, 1.82) is 0 Å². The Hall–Kier alpha value is -1.09. The van der Waals surface area contributed by atoms with Crippen LogP contribution in [-0.2, 0) is 6.54 Å². The van der Waals surface area contributed by atoms with Gasteiger partial charge in [0.25, 0.3) is 0 Å². The molecule has 0 aliphatic carbocycles. The fourth-order valence-electron chi connectivity index (χ4n) is 2.45. The molecule has 3 nitrogen and oxygen atoms in total. The average Bonchev–Trinajstić information content (AvgIpc) is 2.29. The van der Waals surface area contributed by atoms with E-state index in [0.29, 0.717) is 12.6 Å². The van der Waals surface area contributed by atoms with Crippen molar-refractivity contribution in [2.75, 3.05) is 11.4 Å². The number of nitrogens with two attached hydrogens (primary N) is 1. The van der Waals surface area contributed by atoms with Crippen LogP contribution in [0.25, 0.3) is 0 Å². The topological polar surface area (TPSA) is 42.1 Å². The van der Waals surface area contributed by atoms with Crippen molar-refractivity contribution in [3.8, 4) is 0 Å². The number of pyridine rings is 1. The minimum Gasteiger partial charge on any atom is -0.354 e. The first-order valence-corrected chi connectivity index (χ1v) is 6.12. The maximum absolute atomic E-state index is 5.57. The van der Waals surface area contributed by atoms with Crippen LogP contribution < -0.4 is 10.6 Å². The van der Waals surface area contributed by atoms with Crippen molar-refractivity contribution in [3.63, 3.8) is 0 Å². The quantitative estimate of drug-likeness (QED) is 0.829. The molecular formula is C13H21N3. The highest BCUT2D eigenvalue weighted by Crippen LogP contribution is 2.26. The third-order valence-electron chi connectivity index (χ3n) is 3.48. The monoisotopic (exact) mass is 219 g/mol. The maximum Gasteiger partial charge on any atom is 0.128 e. The number of nitrogens with zero attached hydrogens (tertiary/aromatic N) is 2. The van der Waals surface area contributed by atoms with E-state index in [1.807, 2.05) is 6.20 Å². The summed E-state index contributed by atoms with van der Waals surface area (Å²) in [5, 5.41) is 0. The number of hydrogen-bond donors (Lipinski definition) is 1. The van der Waals surface area contributed by atoms with Gasteiger partial charge in [-0.3, -0.25) is 0 Å². The molecule has 3 heteroatoms. The van der Waals surface area contributed by atoms with Crippen LogP contribution in [0.2, 0.25) is 0 Å². The molecule has 1 aliphatic rings. The second kappa shape index (κ2) is 4.83. The Bertz CT molecular complexity index is 334. The van der Waals surface area contributed by atoms with Crippen LogP contribution >= 0.6 is 0 Å². The van der Waals surface area contributed by atoms with Gasteiger partial charge in [0.05, 0.1) is 0 Å². The lowest BCUT2D eigenvalue weighted by Crippen LogP contribution is -2.40. The Balaban J connectivity index is 2.11. The predicted molar refractivity (Wildman–Crippen MR) is 67.3 cm³/mol. The number of anilines is 1. The molecule has 2 heterocycles. The molecule has 2 unspecified atom stereocenters. The summed E-state index contributed by atoms with van der Waals surface area (Å²) in [6.45, 7) is 6.31. The number of aromatic nitrogens is 1. The molecule has 0 spiro atoms. The zero-order valence-corrected chi connectivity index (χ0v) is 10.2. The zero-order chi connectivity index (χ0) is 11.5. The summed E-state index contributed by atoms with van der Waals surface area (Å²) in [6.07, 6.45) is 4.42. The van der Waals surface area contributed by atoms with Gasteiger partial charge in [0.15, 0.2) is 0 Å². The van der Waals surface area contributed by atoms with E-state index in [1.165, 1.54) is 12.8 Å². The molecule has 0 amide bonds. The molecule has 1 fully saturated rings. The lowest BCUT2D eigenvalue weighted by Gasteiger charge is -2.37. The normalized spacial score (nSPS) is 25.8. The van der Waals surface area contributed by atoms with E-state index in [4.69, 9.17) is 5.73 Å². The smallest absolute Gasteiger partial charge is 0.128 e. The van der Waals surface area contributed by atoms with Gasteiger partial charge in [-0.2, -0.15) is 0 Å². The van der Waals surface area contributed by atoms with E-state index in [9.17, 15) is 0 Å². The highest BCUT2D eigenvalue weighted by atomic mass is 15.2. The standard InChI is InChI=1S/C13H21N3/c1-10-5-6-16(11(2)7-10)13-4-3-12(8-14)9-15-13/h3-4,9-11H,5-8,14H2,1-2H3. The van der Waals surface area contributed by atoms with Crippen molar-refractivity contribution in [2.45, 2.75) is 39.3 Å². The number of rotatable bonds is 2. The summed E-state index contributed by atoms with van der Waals surface area (Å²) in [5.41, 5.74) is 6.67. The van der Waals surface area contributed by atoms with Crippen molar-refractivity contribution in [3.05, 3.63) is 23.9 Å². The molecule has 16 heavy (non-hydrogen) atoms. The summed E-state index contributed by atoms with van der Waals surface area (Å²) in [6, 6.07) is 4.77. The van der Waals surface area contributed by atoms with Gasteiger partial charge in [-0.15, -0.1) is 0 Å². The second-order valence-corrected chi connectivity index (χ2v) is 4.90. The minimum atomic E-state index is 0.569. The van der Waals surface area contributed by atoms with Crippen LogP contribution in [0.5, 0.6) is 0 Å². The van der Waals surface area contributed by atoms with Crippen molar-refractivity contribution >= 4 is 5.82 Å². The van der Waals surface area contributed by atoms with Crippen LogP contribution in [0, 0.1) is 5.92 Å². The summed E-state index contributed by atoms with van der Waals surface area (Å²) in [5.74, 6) is 1.94. The Morgan fingerprint density at radius 2 is 2.25 bits per heavy atom. The van der Waals surface area contributed by atoms with E-state index < -0.39 is 0 Å². The average molecular weight is 219 g/mol. The number of piperidine rings is 1. The molecule has 2 rings (SSSR count). The summed E-state index contributed by atoms with van der Waals surface area (Å²) < 4.78 is 0. The van der Waals surface area contributed by atoms with Crippen LogP contribution in [0.4, 0.5) is 5.82 Å². The first kappa shape index (κ1) is 11.4. The van der Waals surface area contributed by atoms with Gasteiger partial charge >= 0.3 is 0 Å². The van der Waals surface area contributed by atoms with E-state index in [2.05, 4.69) is 35.9 Å². The maximum atomic E-state index is 5.57. The third kappa shape index (κ3) is 2.35. The molecule has 1 saturated heterocycles. The van der Waals surface area contributed by atoms with Gasteiger partial charge in [-0.05, 0) is 37.3 Å². The highest BCUT2D eigenvalue weighted by Gasteiger charge is 2.23. The van der Waals surface area contributed by atoms with Crippen LogP contribution in [0.3, 0.4) is 0 Å². The molecule has 1 aliphatic heterocycles. The van der Waals surface area contributed by atoms with Crippen LogP contribution in [0.15, 0.2) is 18.3 Å². The van der Waals surface area contributed by atoms with Gasteiger partial charge in [0.2, 0.25) is 0 Å². The molecule has 1 aromatic rings. The van der Waals surface area contributed by atoms with Crippen molar-refractivity contribution in [1.82, 2.24) is 4.98 Å². The van der Waals surface area contributed by atoms with Crippen molar-refractivity contribution < 1.29 is 0 Å². The van der Waals surface area contributed by atoms with Gasteiger partial charge < -0.3 is 10.6 Å². The fraction of sp³-hybridized carbons (Fsp3) is 0.615. The molecule has 1 aromatic heterocycles. The summed E-state index contributed by atoms with van der Waals surface area (Å²) >= 11 is 0. The van der Waals surface area contributed by atoms with Gasteiger partial charge in [-0.25, -0.2) is 4.98 Å². The zero-order valence-electron chi connectivity index (χ0n) is 10.2. The molecular weight excluding hydrogens is 198 g/mol. The van der Waals surface area contributed by atoms with E-state index in [0.717, 1.165) is 23.8 Å². The Morgan fingerprint density at radius 1 is 1.44 bits per heavy atom. The molecule has 2 atom stereocenters. The SMILES string of the molecule is CC1CCN(c2ccc(CN)cn2)C(C)C1. The number of hydrogen-bond acceptors (Lipinski definition) is 3. The highest BCUT2D eigenvalue weighted by molar-refractivity contribution is 5.41. The fourth-order valence-corrected chi connectivity index (χ4v) is 2.45.